The summed E-state index contributed by atoms with van der Waals surface area (Å²) in [6.07, 6.45) is 3.92. The van der Waals surface area contributed by atoms with Crippen LogP contribution in [0.15, 0.2) is 22.7 Å². The Morgan fingerprint density at radius 3 is 3.00 bits per heavy atom. The minimum absolute atomic E-state index is 0.327. The third kappa shape index (κ3) is 3.37. The molecule has 1 aliphatic heterocycles. The van der Waals surface area contributed by atoms with Gasteiger partial charge < -0.3 is 10.1 Å². The molecule has 1 aromatic rings. The first-order chi connectivity index (χ1) is 7.75. The zero-order chi connectivity index (χ0) is 11.4. The van der Waals surface area contributed by atoms with Gasteiger partial charge >= 0.3 is 0 Å². The highest BCUT2D eigenvalue weighted by molar-refractivity contribution is 9.10. The number of hydrogen-bond donors (Lipinski definition) is 1. The summed E-state index contributed by atoms with van der Waals surface area (Å²) in [7, 11) is 0. The van der Waals surface area contributed by atoms with Crippen LogP contribution in [0.5, 0.6) is 0 Å². The van der Waals surface area contributed by atoms with Crippen LogP contribution in [-0.4, -0.2) is 19.3 Å². The van der Waals surface area contributed by atoms with E-state index in [1.54, 1.807) is 0 Å². The van der Waals surface area contributed by atoms with Gasteiger partial charge in [0.2, 0.25) is 0 Å². The number of benzene rings is 1. The second-order valence-corrected chi connectivity index (χ2v) is 5.32. The lowest BCUT2D eigenvalue weighted by molar-refractivity contribution is 0.0247. The van der Waals surface area contributed by atoms with Gasteiger partial charge in [-0.25, -0.2) is 0 Å². The molecule has 1 fully saturated rings. The van der Waals surface area contributed by atoms with E-state index < -0.39 is 0 Å². The van der Waals surface area contributed by atoms with E-state index in [9.17, 15) is 0 Å². The number of hydrogen-bond acceptors (Lipinski definition) is 2. The molecule has 1 heterocycles. The van der Waals surface area contributed by atoms with Crippen molar-refractivity contribution in [2.75, 3.05) is 18.5 Å². The van der Waals surface area contributed by atoms with Crippen LogP contribution in [0, 0.1) is 0 Å². The molecule has 0 bridgehead atoms. The molecule has 1 aromatic carbocycles. The number of nitrogens with one attached hydrogen (secondary N) is 1. The van der Waals surface area contributed by atoms with Crippen molar-refractivity contribution in [2.45, 2.75) is 25.4 Å². The number of rotatable bonds is 3. The molecule has 1 N–H and O–H groups in total. The van der Waals surface area contributed by atoms with Gasteiger partial charge in [-0.15, -0.1) is 0 Å². The molecule has 0 spiro atoms. The van der Waals surface area contributed by atoms with Crippen LogP contribution in [-0.2, 0) is 4.74 Å². The monoisotopic (exact) mass is 303 g/mol. The van der Waals surface area contributed by atoms with Crippen LogP contribution in [0.1, 0.15) is 19.3 Å². The van der Waals surface area contributed by atoms with Gasteiger partial charge in [-0.05, 0) is 37.5 Å². The van der Waals surface area contributed by atoms with E-state index in [1.165, 1.54) is 12.8 Å². The van der Waals surface area contributed by atoms with E-state index in [4.69, 9.17) is 16.3 Å². The summed E-state index contributed by atoms with van der Waals surface area (Å²) in [5.74, 6) is 0. The smallest absolute Gasteiger partial charge is 0.0747 e. The standard InChI is InChI=1S/C12H15BrClNO/c13-9-4-5-12(11(14)7-9)15-8-10-3-1-2-6-16-10/h4-5,7,10,15H,1-3,6,8H2. The summed E-state index contributed by atoms with van der Waals surface area (Å²) in [6, 6.07) is 5.86. The van der Waals surface area contributed by atoms with E-state index in [-0.39, 0.29) is 0 Å². The largest absolute Gasteiger partial charge is 0.381 e. The molecule has 2 nitrogen and oxygen atoms in total. The predicted octanol–water partition coefficient (Wildman–Crippen LogP) is 4.08. The van der Waals surface area contributed by atoms with Gasteiger partial charge in [-0.3, -0.25) is 0 Å². The zero-order valence-electron chi connectivity index (χ0n) is 9.01. The molecule has 0 aliphatic carbocycles. The first kappa shape index (κ1) is 12.2. The second-order valence-electron chi connectivity index (χ2n) is 3.99. The highest BCUT2D eigenvalue weighted by Gasteiger charge is 2.13. The van der Waals surface area contributed by atoms with Crippen LogP contribution in [0.2, 0.25) is 5.02 Å². The molecule has 1 unspecified atom stereocenters. The molecule has 88 valence electrons. The van der Waals surface area contributed by atoms with Gasteiger partial charge in [0.1, 0.15) is 0 Å². The number of anilines is 1. The Hall–Kier alpha value is -0.250. The molecule has 0 aromatic heterocycles. The van der Waals surface area contributed by atoms with E-state index >= 15 is 0 Å². The summed E-state index contributed by atoms with van der Waals surface area (Å²) < 4.78 is 6.65. The van der Waals surface area contributed by atoms with Gasteiger partial charge in [0.15, 0.2) is 0 Å². The van der Waals surface area contributed by atoms with Crippen molar-refractivity contribution in [3.8, 4) is 0 Å². The lowest BCUT2D eigenvalue weighted by atomic mass is 10.1. The molecule has 16 heavy (non-hydrogen) atoms. The van der Waals surface area contributed by atoms with Gasteiger partial charge in [0, 0.05) is 17.6 Å². The molecule has 0 saturated carbocycles. The number of ether oxygens (including phenoxy) is 1. The van der Waals surface area contributed by atoms with Crippen LogP contribution in [0.3, 0.4) is 0 Å². The van der Waals surface area contributed by atoms with Crippen LogP contribution < -0.4 is 5.32 Å². The first-order valence-corrected chi connectivity index (χ1v) is 6.73. The summed E-state index contributed by atoms with van der Waals surface area (Å²) >= 11 is 9.50. The molecule has 4 heteroatoms. The molecular formula is C12H15BrClNO. The molecule has 2 rings (SSSR count). The second kappa shape index (κ2) is 5.89. The Kier molecular flexibility index (Phi) is 4.50. The Morgan fingerprint density at radius 2 is 2.31 bits per heavy atom. The lowest BCUT2D eigenvalue weighted by Gasteiger charge is -2.23. The SMILES string of the molecule is Clc1cc(Br)ccc1NCC1CCCCO1. The first-order valence-electron chi connectivity index (χ1n) is 5.56. The maximum atomic E-state index is 6.11. The average Bonchev–Trinajstić information content (AvgIpc) is 2.29. The average molecular weight is 305 g/mol. The Morgan fingerprint density at radius 1 is 1.44 bits per heavy atom. The zero-order valence-corrected chi connectivity index (χ0v) is 11.4. The Labute approximate surface area is 109 Å². The summed E-state index contributed by atoms with van der Waals surface area (Å²) in [5.41, 5.74) is 0.971. The lowest BCUT2D eigenvalue weighted by Crippen LogP contribution is -2.27. The van der Waals surface area contributed by atoms with Crippen molar-refractivity contribution in [2.24, 2.45) is 0 Å². The van der Waals surface area contributed by atoms with Crippen molar-refractivity contribution >= 4 is 33.2 Å². The van der Waals surface area contributed by atoms with Crippen LogP contribution >= 0.6 is 27.5 Å². The van der Waals surface area contributed by atoms with Gasteiger partial charge in [-0.2, -0.15) is 0 Å². The summed E-state index contributed by atoms with van der Waals surface area (Å²) in [6.45, 7) is 1.72. The molecule has 1 aliphatic rings. The van der Waals surface area contributed by atoms with Crippen LogP contribution in [0.4, 0.5) is 5.69 Å². The predicted molar refractivity (Wildman–Crippen MR) is 71.2 cm³/mol. The summed E-state index contributed by atoms with van der Waals surface area (Å²) in [4.78, 5) is 0. The third-order valence-corrected chi connectivity index (χ3v) is 3.53. The normalized spacial score (nSPS) is 20.8. The van der Waals surface area contributed by atoms with Crippen molar-refractivity contribution < 1.29 is 4.74 Å². The van der Waals surface area contributed by atoms with E-state index in [2.05, 4.69) is 21.2 Å². The maximum absolute atomic E-state index is 6.11. The molecule has 1 saturated heterocycles. The van der Waals surface area contributed by atoms with Crippen molar-refractivity contribution in [1.29, 1.82) is 0 Å². The number of halogens is 2. The Balaban J connectivity index is 1.88. The molecule has 0 amide bonds. The molecular weight excluding hydrogens is 289 g/mol. The van der Waals surface area contributed by atoms with Crippen molar-refractivity contribution in [1.82, 2.24) is 0 Å². The van der Waals surface area contributed by atoms with E-state index in [1.807, 2.05) is 18.2 Å². The topological polar surface area (TPSA) is 21.3 Å². The van der Waals surface area contributed by atoms with Gasteiger partial charge in [0.05, 0.1) is 16.8 Å². The van der Waals surface area contributed by atoms with Gasteiger partial charge in [-0.1, -0.05) is 27.5 Å². The Bertz CT molecular complexity index is 353. The highest BCUT2D eigenvalue weighted by Crippen LogP contribution is 2.26. The summed E-state index contributed by atoms with van der Waals surface area (Å²) in [5, 5.41) is 4.07. The van der Waals surface area contributed by atoms with Crippen molar-refractivity contribution in [3.05, 3.63) is 27.7 Å². The molecule has 1 atom stereocenters. The van der Waals surface area contributed by atoms with Gasteiger partial charge in [0.25, 0.3) is 0 Å². The van der Waals surface area contributed by atoms with E-state index in [0.29, 0.717) is 6.10 Å². The highest BCUT2D eigenvalue weighted by atomic mass is 79.9. The minimum atomic E-state index is 0.327. The minimum Gasteiger partial charge on any atom is -0.381 e. The van der Waals surface area contributed by atoms with Crippen LogP contribution in [0.25, 0.3) is 0 Å². The maximum Gasteiger partial charge on any atom is 0.0747 e. The quantitative estimate of drug-likeness (QED) is 0.908. The molecule has 0 radical (unpaired) electrons. The van der Waals surface area contributed by atoms with Crippen molar-refractivity contribution in [3.63, 3.8) is 0 Å². The van der Waals surface area contributed by atoms with E-state index in [0.717, 1.165) is 34.8 Å². The fourth-order valence-electron chi connectivity index (χ4n) is 1.83. The fourth-order valence-corrected chi connectivity index (χ4v) is 2.57. The fraction of sp³-hybridized carbons (Fsp3) is 0.500. The third-order valence-electron chi connectivity index (χ3n) is 2.73.